The molecule has 0 radical (unpaired) electrons. The van der Waals surface area contributed by atoms with Gasteiger partial charge in [0.05, 0.1) is 0 Å². The van der Waals surface area contributed by atoms with Gasteiger partial charge in [0.15, 0.2) is 13.2 Å². The van der Waals surface area contributed by atoms with Crippen LogP contribution in [0, 0.1) is 18.6 Å². The molecule has 30 heavy (non-hydrogen) atoms. The van der Waals surface area contributed by atoms with Crippen LogP contribution in [-0.4, -0.2) is 53.0 Å². The first-order valence-electron chi connectivity index (χ1n) is 11.2. The highest BCUT2D eigenvalue weighted by Gasteiger charge is 2.31. The number of aryl methyl sites for hydroxylation is 1. The van der Waals surface area contributed by atoms with Gasteiger partial charge >= 0.3 is 0 Å². The van der Waals surface area contributed by atoms with E-state index in [9.17, 15) is 4.79 Å². The lowest BCUT2D eigenvalue weighted by molar-refractivity contribution is -1.02. The highest BCUT2D eigenvalue weighted by Crippen LogP contribution is 2.39. The summed E-state index contributed by atoms with van der Waals surface area (Å²) in [6, 6.07) is 6.04. The van der Waals surface area contributed by atoms with E-state index in [1.54, 1.807) is 0 Å². The Labute approximate surface area is 183 Å². The number of hydrogen-bond acceptors (Lipinski definition) is 3. The number of carbonyl (C=O) groups is 1. The average Bonchev–Trinajstić information content (AvgIpc) is 3.52. The molecule has 2 fully saturated rings. The van der Waals surface area contributed by atoms with Gasteiger partial charge in [-0.05, 0) is 63.0 Å². The Morgan fingerprint density at radius 1 is 1.20 bits per heavy atom. The standard InChI is InChI=1S/C22H32N6OS/c1-4-27-21(18-8-9-18)24-28(22(27)30)15-26-12-10-25(11-13-26)14-20(29)23-19-7-5-6-16(2)17(19)3/h5-7,18H,4,8-15H2,1-3H3,(H,23,29)/p+2. The molecule has 0 bridgehead atoms. The number of rotatable bonds is 7. The van der Waals surface area contributed by atoms with Crippen LogP contribution in [-0.2, 0) is 18.0 Å². The summed E-state index contributed by atoms with van der Waals surface area (Å²) in [5.74, 6) is 1.88. The average molecular weight is 431 g/mol. The molecule has 1 aliphatic heterocycles. The van der Waals surface area contributed by atoms with Crippen LogP contribution in [0.5, 0.6) is 0 Å². The molecule has 1 saturated heterocycles. The van der Waals surface area contributed by atoms with E-state index >= 15 is 0 Å². The summed E-state index contributed by atoms with van der Waals surface area (Å²) >= 11 is 5.68. The second-order valence-corrected chi connectivity index (χ2v) is 9.15. The van der Waals surface area contributed by atoms with E-state index in [0.717, 1.165) is 55.4 Å². The molecule has 7 nitrogen and oxygen atoms in total. The Balaban J connectivity index is 1.29. The van der Waals surface area contributed by atoms with E-state index in [4.69, 9.17) is 17.3 Å². The molecule has 4 rings (SSSR count). The second-order valence-electron chi connectivity index (χ2n) is 8.79. The summed E-state index contributed by atoms with van der Waals surface area (Å²) in [6.45, 7) is 12.6. The minimum absolute atomic E-state index is 0.0973. The quantitative estimate of drug-likeness (QED) is 0.554. The summed E-state index contributed by atoms with van der Waals surface area (Å²) in [4.78, 5) is 15.4. The molecule has 1 saturated carbocycles. The van der Waals surface area contributed by atoms with Crippen molar-refractivity contribution in [3.05, 3.63) is 39.9 Å². The molecule has 3 N–H and O–H groups in total. The summed E-state index contributed by atoms with van der Waals surface area (Å²) in [6.07, 6.45) is 2.48. The number of quaternary nitrogens is 2. The molecule has 0 unspecified atom stereocenters. The Kier molecular flexibility index (Phi) is 6.36. The van der Waals surface area contributed by atoms with Crippen LogP contribution in [0.2, 0.25) is 0 Å². The first kappa shape index (κ1) is 21.2. The highest BCUT2D eigenvalue weighted by molar-refractivity contribution is 7.71. The third-order valence-corrected chi connectivity index (χ3v) is 6.97. The van der Waals surface area contributed by atoms with Crippen LogP contribution >= 0.6 is 12.2 Å². The maximum atomic E-state index is 12.5. The van der Waals surface area contributed by atoms with Crippen LogP contribution in [0.3, 0.4) is 0 Å². The SMILES string of the molecule is CCn1c(C2CC2)nn(C[NH+]2CC[NH+](CC(=O)Nc3cccc(C)c3C)CC2)c1=S. The molecule has 2 heterocycles. The van der Waals surface area contributed by atoms with Gasteiger partial charge in [0.1, 0.15) is 32.0 Å². The number of aromatic nitrogens is 3. The number of nitrogens with one attached hydrogen (secondary N) is 3. The van der Waals surface area contributed by atoms with Crippen LogP contribution in [0.4, 0.5) is 5.69 Å². The van der Waals surface area contributed by atoms with Crippen molar-refractivity contribution < 1.29 is 14.6 Å². The first-order chi connectivity index (χ1) is 14.5. The van der Waals surface area contributed by atoms with Crippen molar-refractivity contribution in [2.75, 3.05) is 38.0 Å². The zero-order valence-corrected chi connectivity index (χ0v) is 19.1. The van der Waals surface area contributed by atoms with Crippen LogP contribution in [0.1, 0.15) is 42.6 Å². The van der Waals surface area contributed by atoms with Crippen molar-refractivity contribution >= 4 is 23.8 Å². The number of hydrogen-bond donors (Lipinski definition) is 3. The van der Waals surface area contributed by atoms with E-state index in [-0.39, 0.29) is 5.91 Å². The van der Waals surface area contributed by atoms with Gasteiger partial charge in [-0.15, -0.1) is 0 Å². The minimum atomic E-state index is 0.0973. The largest absolute Gasteiger partial charge is 0.321 e. The zero-order valence-electron chi connectivity index (χ0n) is 18.3. The zero-order chi connectivity index (χ0) is 21.3. The van der Waals surface area contributed by atoms with Gasteiger partial charge in [0.2, 0.25) is 4.77 Å². The Bertz CT molecular complexity index is 968. The highest BCUT2D eigenvalue weighted by atomic mass is 32.1. The molecule has 8 heteroatoms. The molecule has 2 aliphatic rings. The van der Waals surface area contributed by atoms with Gasteiger partial charge in [0.25, 0.3) is 5.91 Å². The lowest BCUT2D eigenvalue weighted by atomic mass is 10.1. The van der Waals surface area contributed by atoms with Gasteiger partial charge in [-0.1, -0.05) is 12.1 Å². The summed E-state index contributed by atoms with van der Waals surface area (Å²) in [5.41, 5.74) is 3.27. The van der Waals surface area contributed by atoms with Gasteiger partial charge in [-0.25, -0.2) is 0 Å². The lowest BCUT2D eigenvalue weighted by Gasteiger charge is -2.29. The van der Waals surface area contributed by atoms with E-state index in [1.165, 1.54) is 34.0 Å². The fraction of sp³-hybridized carbons (Fsp3) is 0.591. The molecule has 0 spiro atoms. The molecule has 1 aliphatic carbocycles. The third kappa shape index (κ3) is 4.66. The molecule has 1 aromatic heterocycles. The van der Waals surface area contributed by atoms with Crippen LogP contribution in [0.25, 0.3) is 0 Å². The van der Waals surface area contributed by atoms with Crippen molar-refractivity contribution in [3.8, 4) is 0 Å². The van der Waals surface area contributed by atoms with E-state index < -0.39 is 0 Å². The Morgan fingerprint density at radius 2 is 1.90 bits per heavy atom. The molecule has 1 amide bonds. The van der Waals surface area contributed by atoms with Crippen molar-refractivity contribution in [2.24, 2.45) is 0 Å². The molecule has 1 aromatic carbocycles. The normalized spacial score (nSPS) is 21.6. The van der Waals surface area contributed by atoms with E-state index in [0.29, 0.717) is 12.5 Å². The summed E-state index contributed by atoms with van der Waals surface area (Å²) < 4.78 is 5.08. The smallest absolute Gasteiger partial charge is 0.279 e. The molecular weight excluding hydrogens is 396 g/mol. The molecular formula is C22H34N6OS+2. The molecule has 2 aromatic rings. The maximum Gasteiger partial charge on any atom is 0.279 e. The number of benzene rings is 1. The van der Waals surface area contributed by atoms with Crippen molar-refractivity contribution in [2.45, 2.75) is 52.7 Å². The van der Waals surface area contributed by atoms with Crippen molar-refractivity contribution in [3.63, 3.8) is 0 Å². The Morgan fingerprint density at radius 3 is 2.57 bits per heavy atom. The van der Waals surface area contributed by atoms with Crippen molar-refractivity contribution in [1.82, 2.24) is 14.3 Å². The predicted octanol–water partition coefficient (Wildman–Crippen LogP) is 0.308. The predicted molar refractivity (Wildman–Crippen MR) is 120 cm³/mol. The van der Waals surface area contributed by atoms with Gasteiger partial charge in [0, 0.05) is 18.2 Å². The van der Waals surface area contributed by atoms with Gasteiger partial charge in [-0.2, -0.15) is 9.78 Å². The monoisotopic (exact) mass is 430 g/mol. The lowest BCUT2D eigenvalue weighted by Crippen LogP contribution is -3.28. The van der Waals surface area contributed by atoms with Crippen LogP contribution in [0.15, 0.2) is 18.2 Å². The third-order valence-electron chi connectivity index (χ3n) is 6.54. The maximum absolute atomic E-state index is 12.5. The number of nitrogens with zero attached hydrogens (tertiary/aromatic N) is 3. The number of anilines is 1. The van der Waals surface area contributed by atoms with E-state index in [1.807, 2.05) is 16.8 Å². The second kappa shape index (κ2) is 8.99. The van der Waals surface area contributed by atoms with E-state index in [2.05, 4.69) is 36.7 Å². The number of amides is 1. The Hall–Kier alpha value is -2.03. The molecule has 162 valence electrons. The van der Waals surface area contributed by atoms with Gasteiger partial charge in [-0.3, -0.25) is 4.79 Å². The first-order valence-corrected chi connectivity index (χ1v) is 11.6. The van der Waals surface area contributed by atoms with Crippen molar-refractivity contribution in [1.29, 1.82) is 0 Å². The number of piperazine rings is 1. The fourth-order valence-corrected chi connectivity index (χ4v) is 4.64. The number of carbonyl (C=O) groups excluding carboxylic acids is 1. The molecule has 0 atom stereocenters. The summed E-state index contributed by atoms with van der Waals surface area (Å²) in [7, 11) is 0. The fourth-order valence-electron chi connectivity index (χ4n) is 4.31. The minimum Gasteiger partial charge on any atom is -0.321 e. The topological polar surface area (TPSA) is 60.7 Å². The van der Waals surface area contributed by atoms with Gasteiger partial charge < -0.3 is 19.7 Å². The van der Waals surface area contributed by atoms with Crippen LogP contribution < -0.4 is 15.1 Å². The summed E-state index contributed by atoms with van der Waals surface area (Å²) in [5, 5.41) is 7.94.